The Morgan fingerprint density at radius 3 is 2.56 bits per heavy atom. The van der Waals surface area contributed by atoms with E-state index in [4.69, 9.17) is 17.4 Å². The van der Waals surface area contributed by atoms with Crippen LogP contribution in [0.2, 0.25) is 5.02 Å². The number of hydrogen-bond donors (Lipinski definition) is 2. The van der Waals surface area contributed by atoms with Crippen molar-refractivity contribution in [1.29, 1.82) is 0 Å². The smallest absolute Gasteiger partial charge is 0.141 e. The van der Waals surface area contributed by atoms with Gasteiger partial charge in [0.1, 0.15) is 11.6 Å². The second-order valence-electron chi connectivity index (χ2n) is 3.70. The van der Waals surface area contributed by atoms with Crippen LogP contribution in [0.25, 0.3) is 0 Å². The number of rotatable bonds is 3. The number of hydrogen-bond acceptors (Lipinski definition) is 3. The van der Waals surface area contributed by atoms with Crippen LogP contribution in [0.5, 0.6) is 0 Å². The number of nitrogens with zero attached hydrogens (tertiary/aromatic N) is 1. The summed E-state index contributed by atoms with van der Waals surface area (Å²) >= 11 is 5.94. The van der Waals surface area contributed by atoms with Gasteiger partial charge in [0.05, 0.1) is 12.2 Å². The van der Waals surface area contributed by atoms with Gasteiger partial charge in [0, 0.05) is 11.2 Å². The van der Waals surface area contributed by atoms with E-state index in [1.165, 1.54) is 30.5 Å². The van der Waals surface area contributed by atoms with Crippen LogP contribution in [0.4, 0.5) is 8.78 Å². The van der Waals surface area contributed by atoms with Crippen LogP contribution in [-0.4, -0.2) is 4.98 Å². The molecule has 3 nitrogen and oxygen atoms in total. The minimum Gasteiger partial charge on any atom is -0.271 e. The van der Waals surface area contributed by atoms with E-state index >= 15 is 0 Å². The third kappa shape index (κ3) is 2.64. The first-order valence-electron chi connectivity index (χ1n) is 5.13. The van der Waals surface area contributed by atoms with Crippen molar-refractivity contribution < 1.29 is 8.78 Å². The van der Waals surface area contributed by atoms with Crippen LogP contribution >= 0.6 is 11.6 Å². The number of nitrogens with one attached hydrogen (secondary N) is 1. The second-order valence-corrected chi connectivity index (χ2v) is 4.11. The molecule has 1 aromatic heterocycles. The Kier molecular flexibility index (Phi) is 3.86. The monoisotopic (exact) mass is 269 g/mol. The predicted molar refractivity (Wildman–Crippen MR) is 64.8 cm³/mol. The van der Waals surface area contributed by atoms with E-state index in [0.717, 1.165) is 6.20 Å². The van der Waals surface area contributed by atoms with Crippen molar-refractivity contribution in [1.82, 2.24) is 10.4 Å². The minimum atomic E-state index is -0.554. The Morgan fingerprint density at radius 2 is 1.94 bits per heavy atom. The lowest BCUT2D eigenvalue weighted by atomic mass is 10.0. The van der Waals surface area contributed by atoms with Crippen LogP contribution in [0.3, 0.4) is 0 Å². The van der Waals surface area contributed by atoms with Crippen LogP contribution < -0.4 is 11.3 Å². The molecule has 0 saturated heterocycles. The van der Waals surface area contributed by atoms with Gasteiger partial charge in [-0.15, -0.1) is 0 Å². The first-order valence-corrected chi connectivity index (χ1v) is 5.51. The Labute approximate surface area is 108 Å². The maximum absolute atomic E-state index is 13.1. The number of pyridine rings is 1. The molecule has 0 spiro atoms. The molecule has 2 rings (SSSR count). The lowest BCUT2D eigenvalue weighted by Crippen LogP contribution is -2.29. The molecule has 94 valence electrons. The molecule has 0 amide bonds. The molecule has 1 atom stereocenters. The fraction of sp³-hybridized carbons (Fsp3) is 0.0833. The molecule has 0 aliphatic rings. The average Bonchev–Trinajstić information content (AvgIpc) is 2.33. The first kappa shape index (κ1) is 12.9. The number of hydrazine groups is 1. The highest BCUT2D eigenvalue weighted by atomic mass is 35.5. The summed E-state index contributed by atoms with van der Waals surface area (Å²) in [5, 5.41) is 0.210. The summed E-state index contributed by atoms with van der Waals surface area (Å²) in [5.41, 5.74) is 3.56. The van der Waals surface area contributed by atoms with Crippen molar-refractivity contribution in [2.24, 2.45) is 5.84 Å². The standard InChI is InChI=1S/C12H10ClF2N3/c13-11-4-8(14)1-2-10(11)12(18-16)7-3-9(15)6-17-5-7/h1-6,12,18H,16H2. The van der Waals surface area contributed by atoms with E-state index in [2.05, 4.69) is 10.4 Å². The van der Waals surface area contributed by atoms with Crippen molar-refractivity contribution in [2.75, 3.05) is 0 Å². The molecule has 0 saturated carbocycles. The zero-order valence-corrected chi connectivity index (χ0v) is 9.96. The van der Waals surface area contributed by atoms with Crippen molar-refractivity contribution in [3.8, 4) is 0 Å². The van der Waals surface area contributed by atoms with Crippen molar-refractivity contribution in [2.45, 2.75) is 6.04 Å². The van der Waals surface area contributed by atoms with Gasteiger partial charge in [0.25, 0.3) is 0 Å². The van der Waals surface area contributed by atoms with Gasteiger partial charge < -0.3 is 0 Å². The first-order chi connectivity index (χ1) is 8.61. The number of nitrogens with two attached hydrogens (primary N) is 1. The van der Waals surface area contributed by atoms with E-state index in [1.807, 2.05) is 0 Å². The zero-order valence-electron chi connectivity index (χ0n) is 9.20. The molecule has 0 radical (unpaired) electrons. The maximum atomic E-state index is 13.1. The predicted octanol–water partition coefficient (Wildman–Crippen LogP) is 2.57. The minimum absolute atomic E-state index is 0.210. The van der Waals surface area contributed by atoms with Gasteiger partial charge in [-0.3, -0.25) is 10.8 Å². The highest BCUT2D eigenvalue weighted by molar-refractivity contribution is 6.31. The third-order valence-electron chi connectivity index (χ3n) is 2.50. The molecule has 0 aliphatic carbocycles. The molecule has 1 heterocycles. The molecular formula is C12H10ClF2N3. The Hall–Kier alpha value is -1.56. The topological polar surface area (TPSA) is 50.9 Å². The molecule has 3 N–H and O–H groups in total. The van der Waals surface area contributed by atoms with Crippen molar-refractivity contribution in [3.05, 3.63) is 64.4 Å². The summed E-state index contributed by atoms with van der Waals surface area (Å²) in [5.74, 6) is 4.51. The highest BCUT2D eigenvalue weighted by Gasteiger charge is 2.16. The lowest BCUT2D eigenvalue weighted by Gasteiger charge is -2.17. The van der Waals surface area contributed by atoms with E-state index in [-0.39, 0.29) is 5.02 Å². The average molecular weight is 270 g/mol. The zero-order chi connectivity index (χ0) is 13.1. The molecule has 6 heteroatoms. The fourth-order valence-electron chi connectivity index (χ4n) is 1.69. The molecule has 0 bridgehead atoms. The van der Waals surface area contributed by atoms with E-state index < -0.39 is 17.7 Å². The molecule has 18 heavy (non-hydrogen) atoms. The van der Waals surface area contributed by atoms with Crippen LogP contribution in [0, 0.1) is 11.6 Å². The van der Waals surface area contributed by atoms with E-state index in [0.29, 0.717) is 11.1 Å². The number of benzene rings is 1. The van der Waals surface area contributed by atoms with Gasteiger partial charge in [-0.1, -0.05) is 17.7 Å². The Morgan fingerprint density at radius 1 is 1.17 bits per heavy atom. The van der Waals surface area contributed by atoms with E-state index in [1.54, 1.807) is 0 Å². The van der Waals surface area contributed by atoms with Crippen molar-refractivity contribution in [3.63, 3.8) is 0 Å². The summed E-state index contributed by atoms with van der Waals surface area (Å²) in [4.78, 5) is 3.74. The van der Waals surface area contributed by atoms with Gasteiger partial charge in [-0.2, -0.15) is 0 Å². The summed E-state index contributed by atoms with van der Waals surface area (Å²) in [6.45, 7) is 0. The second kappa shape index (κ2) is 5.39. The van der Waals surface area contributed by atoms with Gasteiger partial charge in [0.2, 0.25) is 0 Å². The summed E-state index contributed by atoms with van der Waals surface area (Å²) in [6.07, 6.45) is 2.55. The Bertz CT molecular complexity index is 563. The fourth-order valence-corrected chi connectivity index (χ4v) is 1.96. The van der Waals surface area contributed by atoms with Gasteiger partial charge in [0.15, 0.2) is 0 Å². The summed E-state index contributed by atoms with van der Waals surface area (Å²) < 4.78 is 26.1. The van der Waals surface area contributed by atoms with Gasteiger partial charge in [-0.25, -0.2) is 14.2 Å². The highest BCUT2D eigenvalue weighted by Crippen LogP contribution is 2.28. The summed E-state index contributed by atoms with van der Waals surface area (Å²) in [7, 11) is 0. The van der Waals surface area contributed by atoms with Crippen LogP contribution in [0.1, 0.15) is 17.2 Å². The quantitative estimate of drug-likeness (QED) is 0.665. The normalized spacial score (nSPS) is 12.4. The summed E-state index contributed by atoms with van der Waals surface area (Å²) in [6, 6.07) is 4.66. The van der Waals surface area contributed by atoms with Crippen LogP contribution in [0.15, 0.2) is 36.7 Å². The largest absolute Gasteiger partial charge is 0.271 e. The van der Waals surface area contributed by atoms with Crippen LogP contribution in [-0.2, 0) is 0 Å². The van der Waals surface area contributed by atoms with Crippen molar-refractivity contribution >= 4 is 11.6 Å². The Balaban J connectivity index is 2.45. The molecule has 0 aliphatic heterocycles. The molecule has 1 unspecified atom stereocenters. The van der Waals surface area contributed by atoms with Gasteiger partial charge in [-0.05, 0) is 29.3 Å². The van der Waals surface area contributed by atoms with E-state index in [9.17, 15) is 8.78 Å². The number of halogens is 3. The van der Waals surface area contributed by atoms with Gasteiger partial charge >= 0.3 is 0 Å². The molecule has 1 aromatic carbocycles. The lowest BCUT2D eigenvalue weighted by molar-refractivity contribution is 0.594. The SMILES string of the molecule is NNC(c1cncc(F)c1)c1ccc(F)cc1Cl. The molecule has 0 fully saturated rings. The molecular weight excluding hydrogens is 260 g/mol. The third-order valence-corrected chi connectivity index (χ3v) is 2.83. The molecule has 2 aromatic rings. The maximum Gasteiger partial charge on any atom is 0.141 e. The number of aromatic nitrogens is 1.